The lowest BCUT2D eigenvalue weighted by atomic mass is 9.94. The summed E-state index contributed by atoms with van der Waals surface area (Å²) in [7, 11) is 3.79. The Labute approximate surface area is 104 Å². The summed E-state index contributed by atoms with van der Waals surface area (Å²) in [5.74, 6) is 0. The van der Waals surface area contributed by atoms with Gasteiger partial charge in [0.25, 0.3) is 0 Å². The first kappa shape index (κ1) is 12.6. The Balaban J connectivity index is 2.09. The number of hydrogen-bond acceptors (Lipinski definition) is 3. The van der Waals surface area contributed by atoms with Crippen molar-refractivity contribution >= 4 is 0 Å². The molecule has 0 aromatic heterocycles. The Kier molecular flexibility index (Phi) is 4.54. The fourth-order valence-corrected chi connectivity index (χ4v) is 2.55. The second kappa shape index (κ2) is 6.15. The van der Waals surface area contributed by atoms with Gasteiger partial charge in [-0.3, -0.25) is 4.90 Å². The summed E-state index contributed by atoms with van der Waals surface area (Å²) in [6, 6.07) is 9.35. The zero-order chi connectivity index (χ0) is 12.1. The molecule has 1 aliphatic heterocycles. The number of hydrogen-bond donors (Lipinski definition) is 1. The number of rotatable bonds is 5. The number of nitrogens with one attached hydrogen (secondary N) is 1. The van der Waals surface area contributed by atoms with E-state index < -0.39 is 0 Å². The van der Waals surface area contributed by atoms with Crippen LogP contribution in [0.15, 0.2) is 24.3 Å². The van der Waals surface area contributed by atoms with Gasteiger partial charge < -0.3 is 10.1 Å². The Bertz CT molecular complexity index is 354. The molecular formula is C14H22N2O. The molecule has 0 aliphatic carbocycles. The van der Waals surface area contributed by atoms with Crippen molar-refractivity contribution in [2.24, 2.45) is 0 Å². The van der Waals surface area contributed by atoms with Crippen LogP contribution in [-0.2, 0) is 17.7 Å². The molecule has 3 heteroatoms. The van der Waals surface area contributed by atoms with Gasteiger partial charge in [-0.15, -0.1) is 0 Å². The third kappa shape index (κ3) is 3.06. The van der Waals surface area contributed by atoms with Crippen LogP contribution in [-0.4, -0.2) is 44.8 Å². The normalized spacial score (nSPS) is 20.2. The SMILES string of the molecule is CNCC1Cc2ccccc2CN1CCOC. The van der Waals surface area contributed by atoms with Crippen molar-refractivity contribution in [2.45, 2.75) is 19.0 Å². The van der Waals surface area contributed by atoms with Gasteiger partial charge in [0, 0.05) is 32.8 Å². The summed E-state index contributed by atoms with van der Waals surface area (Å²) in [5, 5.41) is 3.29. The summed E-state index contributed by atoms with van der Waals surface area (Å²) < 4.78 is 5.20. The second-order valence-corrected chi connectivity index (χ2v) is 4.65. The van der Waals surface area contributed by atoms with Crippen LogP contribution in [0.5, 0.6) is 0 Å². The number of benzene rings is 1. The maximum absolute atomic E-state index is 5.20. The molecule has 1 unspecified atom stereocenters. The molecule has 0 bridgehead atoms. The summed E-state index contributed by atoms with van der Waals surface area (Å²) in [5.41, 5.74) is 2.97. The van der Waals surface area contributed by atoms with E-state index in [9.17, 15) is 0 Å². The topological polar surface area (TPSA) is 24.5 Å². The van der Waals surface area contributed by atoms with Crippen LogP contribution in [0.25, 0.3) is 0 Å². The van der Waals surface area contributed by atoms with E-state index in [1.54, 1.807) is 7.11 Å². The van der Waals surface area contributed by atoms with Gasteiger partial charge in [-0.1, -0.05) is 24.3 Å². The van der Waals surface area contributed by atoms with E-state index in [-0.39, 0.29) is 0 Å². The third-order valence-corrected chi connectivity index (χ3v) is 3.49. The van der Waals surface area contributed by atoms with Crippen molar-refractivity contribution < 1.29 is 4.74 Å². The van der Waals surface area contributed by atoms with Crippen LogP contribution < -0.4 is 5.32 Å². The van der Waals surface area contributed by atoms with Crippen molar-refractivity contribution in [3.05, 3.63) is 35.4 Å². The zero-order valence-electron chi connectivity index (χ0n) is 10.8. The van der Waals surface area contributed by atoms with E-state index in [1.807, 2.05) is 7.05 Å². The Morgan fingerprint density at radius 1 is 1.35 bits per heavy atom. The van der Waals surface area contributed by atoms with Crippen molar-refractivity contribution in [3.8, 4) is 0 Å². The van der Waals surface area contributed by atoms with E-state index in [0.717, 1.165) is 32.7 Å². The molecule has 1 aliphatic rings. The molecule has 1 aromatic carbocycles. The molecule has 0 saturated carbocycles. The molecule has 0 fully saturated rings. The van der Waals surface area contributed by atoms with E-state index in [1.165, 1.54) is 11.1 Å². The van der Waals surface area contributed by atoms with Crippen molar-refractivity contribution in [1.82, 2.24) is 10.2 Å². The molecule has 1 atom stereocenters. The van der Waals surface area contributed by atoms with Gasteiger partial charge in [-0.2, -0.15) is 0 Å². The van der Waals surface area contributed by atoms with Crippen LogP contribution in [0.4, 0.5) is 0 Å². The number of nitrogens with zero attached hydrogens (tertiary/aromatic N) is 1. The van der Waals surface area contributed by atoms with Gasteiger partial charge in [0.2, 0.25) is 0 Å². The van der Waals surface area contributed by atoms with Gasteiger partial charge in [-0.05, 0) is 24.6 Å². The average Bonchev–Trinajstić information content (AvgIpc) is 2.36. The molecule has 0 saturated heterocycles. The molecule has 94 valence electrons. The van der Waals surface area contributed by atoms with Crippen LogP contribution in [0.2, 0.25) is 0 Å². The van der Waals surface area contributed by atoms with Crippen LogP contribution in [0.3, 0.4) is 0 Å². The summed E-state index contributed by atoms with van der Waals surface area (Å²) in [6.07, 6.45) is 1.14. The van der Waals surface area contributed by atoms with Crippen molar-refractivity contribution in [2.75, 3.05) is 33.9 Å². The highest BCUT2D eigenvalue weighted by molar-refractivity contribution is 5.30. The zero-order valence-corrected chi connectivity index (χ0v) is 10.8. The average molecular weight is 234 g/mol. The summed E-state index contributed by atoms with van der Waals surface area (Å²) in [6.45, 7) is 3.91. The lowest BCUT2D eigenvalue weighted by Crippen LogP contribution is -2.46. The summed E-state index contributed by atoms with van der Waals surface area (Å²) >= 11 is 0. The number of likely N-dealkylation sites (N-methyl/N-ethyl adjacent to an activating group) is 1. The Hall–Kier alpha value is -0.900. The van der Waals surface area contributed by atoms with Crippen molar-refractivity contribution in [3.63, 3.8) is 0 Å². The largest absolute Gasteiger partial charge is 0.383 e. The molecular weight excluding hydrogens is 212 g/mol. The quantitative estimate of drug-likeness (QED) is 0.830. The monoisotopic (exact) mass is 234 g/mol. The first-order valence-electron chi connectivity index (χ1n) is 6.29. The van der Waals surface area contributed by atoms with Gasteiger partial charge in [-0.25, -0.2) is 0 Å². The lowest BCUT2D eigenvalue weighted by molar-refractivity contribution is 0.106. The summed E-state index contributed by atoms with van der Waals surface area (Å²) in [4.78, 5) is 2.52. The number of fused-ring (bicyclic) bond motifs is 1. The van der Waals surface area contributed by atoms with Crippen LogP contribution in [0.1, 0.15) is 11.1 Å². The predicted octanol–water partition coefficient (Wildman–Crippen LogP) is 1.28. The Morgan fingerprint density at radius 3 is 2.82 bits per heavy atom. The molecule has 0 radical (unpaired) electrons. The van der Waals surface area contributed by atoms with Gasteiger partial charge in [0.1, 0.15) is 0 Å². The van der Waals surface area contributed by atoms with E-state index in [4.69, 9.17) is 4.74 Å². The maximum atomic E-state index is 5.20. The molecule has 1 N–H and O–H groups in total. The standard InChI is InChI=1S/C14H22N2O/c1-15-10-14-9-12-5-3-4-6-13(12)11-16(14)7-8-17-2/h3-6,14-15H,7-11H2,1-2H3. The van der Waals surface area contributed by atoms with Crippen molar-refractivity contribution in [1.29, 1.82) is 0 Å². The fourth-order valence-electron chi connectivity index (χ4n) is 2.55. The van der Waals surface area contributed by atoms with E-state index >= 15 is 0 Å². The van der Waals surface area contributed by atoms with Gasteiger partial charge >= 0.3 is 0 Å². The second-order valence-electron chi connectivity index (χ2n) is 4.65. The van der Waals surface area contributed by atoms with Gasteiger partial charge in [0.05, 0.1) is 6.61 Å². The third-order valence-electron chi connectivity index (χ3n) is 3.49. The highest BCUT2D eigenvalue weighted by atomic mass is 16.5. The lowest BCUT2D eigenvalue weighted by Gasteiger charge is -2.36. The fraction of sp³-hybridized carbons (Fsp3) is 0.571. The highest BCUT2D eigenvalue weighted by Crippen LogP contribution is 2.22. The molecule has 1 aromatic rings. The van der Waals surface area contributed by atoms with Crippen LogP contribution in [0, 0.1) is 0 Å². The van der Waals surface area contributed by atoms with Gasteiger partial charge in [0.15, 0.2) is 0 Å². The first-order chi connectivity index (χ1) is 8.35. The minimum atomic E-state index is 0.588. The molecule has 1 heterocycles. The predicted molar refractivity (Wildman–Crippen MR) is 70.1 cm³/mol. The smallest absolute Gasteiger partial charge is 0.0589 e. The number of ether oxygens (including phenoxy) is 1. The van der Waals surface area contributed by atoms with E-state index in [0.29, 0.717) is 6.04 Å². The maximum Gasteiger partial charge on any atom is 0.0589 e. The Morgan fingerprint density at radius 2 is 2.12 bits per heavy atom. The minimum Gasteiger partial charge on any atom is -0.383 e. The molecule has 0 amide bonds. The molecule has 3 nitrogen and oxygen atoms in total. The first-order valence-corrected chi connectivity index (χ1v) is 6.29. The molecule has 2 rings (SSSR count). The van der Waals surface area contributed by atoms with Crippen LogP contribution >= 0.6 is 0 Å². The molecule has 17 heavy (non-hydrogen) atoms. The van der Waals surface area contributed by atoms with E-state index in [2.05, 4.69) is 34.5 Å². The molecule has 0 spiro atoms. The highest BCUT2D eigenvalue weighted by Gasteiger charge is 2.24. The number of methoxy groups -OCH3 is 1. The minimum absolute atomic E-state index is 0.588.